The monoisotopic (exact) mass is 840 g/mol. The number of aromatic nitrogens is 1. The molecule has 13 rings (SSSR count). The van der Waals surface area contributed by atoms with Crippen LogP contribution in [0.3, 0.4) is 0 Å². The van der Waals surface area contributed by atoms with E-state index in [1.165, 1.54) is 112 Å². The molecule has 0 N–H and O–H groups in total. The van der Waals surface area contributed by atoms with Crippen LogP contribution in [-0.4, -0.2) is 10.6 Å². The van der Waals surface area contributed by atoms with Gasteiger partial charge in [0, 0.05) is 44.4 Å². The minimum atomic E-state index is -0.0316. The molecule has 2 heteroatoms. The van der Waals surface area contributed by atoms with E-state index in [2.05, 4.69) is 215 Å². The van der Waals surface area contributed by atoms with Crippen LogP contribution in [-0.2, 0) is 22.7 Å². The van der Waals surface area contributed by atoms with Crippen LogP contribution in [0.25, 0.3) is 61.6 Å². The Morgan fingerprint density at radius 3 is 1.86 bits per heavy atom. The van der Waals surface area contributed by atoms with Crippen molar-refractivity contribution in [3.8, 4) is 33.4 Å². The van der Waals surface area contributed by atoms with Gasteiger partial charge in [0.2, 0.25) is 0 Å². The third-order valence-corrected chi connectivity index (χ3v) is 16.6. The average molecular weight is 841 g/mol. The summed E-state index contributed by atoms with van der Waals surface area (Å²) in [5, 5.41) is 1.41. The highest BCUT2D eigenvalue weighted by Gasteiger charge is 2.40. The zero-order valence-corrected chi connectivity index (χ0v) is 38.6. The Bertz CT molecular complexity index is 3370. The maximum absolute atomic E-state index is 2.67. The highest BCUT2D eigenvalue weighted by molar-refractivity contribution is 5.99. The quantitative estimate of drug-likeness (QED) is 0.168. The van der Waals surface area contributed by atoms with Crippen molar-refractivity contribution in [3.63, 3.8) is 0 Å². The molecule has 0 radical (unpaired) electrons. The maximum atomic E-state index is 2.67. The molecule has 0 spiro atoms. The van der Waals surface area contributed by atoms with E-state index in [4.69, 9.17) is 0 Å². The third kappa shape index (κ3) is 5.46. The first-order valence-corrected chi connectivity index (χ1v) is 24.0. The number of rotatable bonds is 5. The van der Waals surface area contributed by atoms with Crippen LogP contribution in [0.15, 0.2) is 169 Å². The van der Waals surface area contributed by atoms with E-state index in [1.807, 2.05) is 0 Å². The molecule has 6 aliphatic rings. The molecule has 1 aromatic heterocycles. The number of hydrogen-bond acceptors (Lipinski definition) is 1. The molecule has 65 heavy (non-hydrogen) atoms. The molecular formula is C63H56N2. The lowest BCUT2D eigenvalue weighted by atomic mass is 9.71. The summed E-state index contributed by atoms with van der Waals surface area (Å²) < 4.78 is 2.61. The summed E-state index contributed by atoms with van der Waals surface area (Å²) in [5.74, 6) is 0. The number of nitrogens with zero attached hydrogens (tertiary/aromatic N) is 2. The van der Waals surface area contributed by atoms with Crippen molar-refractivity contribution < 1.29 is 0 Å². The van der Waals surface area contributed by atoms with Gasteiger partial charge in [-0.2, -0.15) is 0 Å². The predicted molar refractivity (Wildman–Crippen MR) is 274 cm³/mol. The molecule has 1 aliphatic heterocycles. The largest absolute Gasteiger partial charge is 0.338 e. The zero-order valence-electron chi connectivity index (χ0n) is 38.6. The van der Waals surface area contributed by atoms with Gasteiger partial charge in [0.15, 0.2) is 0 Å². The van der Waals surface area contributed by atoms with Gasteiger partial charge in [-0.05, 0) is 158 Å². The van der Waals surface area contributed by atoms with Crippen molar-refractivity contribution in [3.05, 3.63) is 214 Å². The lowest BCUT2D eigenvalue weighted by Crippen LogP contribution is -2.36. The number of hydrogen-bond donors (Lipinski definition) is 0. The first kappa shape index (κ1) is 38.8. The highest BCUT2D eigenvalue weighted by Crippen LogP contribution is 2.53. The fraction of sp³-hybridized carbons (Fsp3) is 0.238. The van der Waals surface area contributed by atoms with Gasteiger partial charge < -0.3 is 9.47 Å². The third-order valence-electron chi connectivity index (χ3n) is 16.6. The van der Waals surface area contributed by atoms with Gasteiger partial charge in [-0.25, -0.2) is 0 Å². The molecule has 0 bridgehead atoms. The van der Waals surface area contributed by atoms with Gasteiger partial charge in [-0.1, -0.05) is 163 Å². The topological polar surface area (TPSA) is 8.17 Å². The Balaban J connectivity index is 0.895. The van der Waals surface area contributed by atoms with Gasteiger partial charge in [0.1, 0.15) is 0 Å². The number of allylic oxidation sites excluding steroid dienone is 8. The highest BCUT2D eigenvalue weighted by atomic mass is 15.2. The first-order valence-electron chi connectivity index (χ1n) is 24.0. The van der Waals surface area contributed by atoms with Gasteiger partial charge in [-0.15, -0.1) is 0 Å². The molecule has 6 aromatic carbocycles. The van der Waals surface area contributed by atoms with Gasteiger partial charge >= 0.3 is 0 Å². The van der Waals surface area contributed by atoms with E-state index in [0.717, 1.165) is 32.1 Å². The Labute approximate surface area is 384 Å². The molecule has 1 atom stereocenters. The normalized spacial score (nSPS) is 19.8. The van der Waals surface area contributed by atoms with E-state index in [0.29, 0.717) is 0 Å². The summed E-state index contributed by atoms with van der Waals surface area (Å²) in [5.41, 5.74) is 27.7. The number of fused-ring (bicyclic) bond motifs is 10. The lowest BCUT2D eigenvalue weighted by Gasteiger charge is -2.38. The van der Waals surface area contributed by atoms with E-state index in [1.54, 1.807) is 5.57 Å². The smallest absolute Gasteiger partial charge is 0.0578 e. The Hall–Kier alpha value is -6.64. The van der Waals surface area contributed by atoms with E-state index in [9.17, 15) is 0 Å². The predicted octanol–water partition coefficient (Wildman–Crippen LogP) is 16.0. The summed E-state index contributed by atoms with van der Waals surface area (Å²) in [6, 6.07) is 49.0. The van der Waals surface area contributed by atoms with Crippen LogP contribution in [0.1, 0.15) is 112 Å². The van der Waals surface area contributed by atoms with Crippen molar-refractivity contribution in [2.45, 2.75) is 95.9 Å². The molecule has 7 aromatic rings. The Morgan fingerprint density at radius 1 is 0.538 bits per heavy atom. The first-order chi connectivity index (χ1) is 31.5. The molecule has 1 unspecified atom stereocenters. The summed E-state index contributed by atoms with van der Waals surface area (Å²) in [6.45, 7) is 14.4. The van der Waals surface area contributed by atoms with Crippen LogP contribution in [0, 0.1) is 0 Å². The summed E-state index contributed by atoms with van der Waals surface area (Å²) in [4.78, 5) is 2.67. The van der Waals surface area contributed by atoms with Crippen molar-refractivity contribution in [1.29, 1.82) is 0 Å². The minimum Gasteiger partial charge on any atom is -0.338 e. The molecule has 2 nitrogen and oxygen atoms in total. The number of benzene rings is 6. The fourth-order valence-corrected chi connectivity index (χ4v) is 13.1. The fourth-order valence-electron chi connectivity index (χ4n) is 13.1. The summed E-state index contributed by atoms with van der Waals surface area (Å²) >= 11 is 0. The second-order valence-electron chi connectivity index (χ2n) is 21.1. The van der Waals surface area contributed by atoms with Crippen LogP contribution in [0.5, 0.6) is 0 Å². The Kier molecular flexibility index (Phi) is 8.17. The maximum Gasteiger partial charge on any atom is 0.0578 e. The summed E-state index contributed by atoms with van der Waals surface area (Å²) in [6.07, 6.45) is 19.8. The zero-order chi connectivity index (χ0) is 44.0. The lowest BCUT2D eigenvalue weighted by molar-refractivity contribution is 0.584. The van der Waals surface area contributed by atoms with Crippen LogP contribution < -0.4 is 4.90 Å². The van der Waals surface area contributed by atoms with Gasteiger partial charge in [0.25, 0.3) is 0 Å². The SMILES string of the molecule is CC1(C)C2=C(C=CCC2)n2c3c(c4cccc1c42)CC(N(C1=CC=C(c2ccc4c(c2)C(C)(C)c2ccccc2-4)CC1)c1ccc(-c2ccc4c(c2)C(C)(C)c2ccccc2-4)cc1)C=C3. The van der Waals surface area contributed by atoms with Crippen molar-refractivity contribution >= 4 is 33.9 Å². The van der Waals surface area contributed by atoms with Crippen LogP contribution in [0.2, 0.25) is 0 Å². The minimum absolute atomic E-state index is 0.00152. The standard InChI is InChI=1S/C63H56N2/c1-61(2)52-17-9-7-14-46(52)48-33-26-41(36-56(48)61)39-22-28-43(29-23-39)64(44-30-24-40(25-31-44)42-27-34-49-47-15-8-10-18-53(47)62(3,4)57(49)37-42)45-32-35-58-51(38-45)50-16-13-20-55-60(50)65(58)59-21-12-11-19-54(59)63(55,5)6/h7-10,12-18,20-24,26-30,32-37,45H,11,19,25,31,38H2,1-6H3. The van der Waals surface area contributed by atoms with Crippen molar-refractivity contribution in [1.82, 2.24) is 4.57 Å². The second-order valence-corrected chi connectivity index (χ2v) is 21.1. The molecule has 318 valence electrons. The number of anilines is 1. The average Bonchev–Trinajstić information content (AvgIpc) is 3.88. The van der Waals surface area contributed by atoms with E-state index < -0.39 is 0 Å². The van der Waals surface area contributed by atoms with Crippen LogP contribution in [0.4, 0.5) is 5.69 Å². The molecule has 0 saturated carbocycles. The molecule has 5 aliphatic carbocycles. The van der Waals surface area contributed by atoms with Crippen LogP contribution >= 0.6 is 0 Å². The molecule has 0 saturated heterocycles. The number of para-hydroxylation sites is 1. The second kappa shape index (κ2) is 13.7. The Morgan fingerprint density at radius 2 is 1.17 bits per heavy atom. The molecule has 2 heterocycles. The molecular weight excluding hydrogens is 785 g/mol. The van der Waals surface area contributed by atoms with Gasteiger partial charge in [-0.3, -0.25) is 0 Å². The summed E-state index contributed by atoms with van der Waals surface area (Å²) in [7, 11) is 0. The van der Waals surface area contributed by atoms with E-state index >= 15 is 0 Å². The molecule has 0 fully saturated rings. The van der Waals surface area contributed by atoms with E-state index in [-0.39, 0.29) is 22.3 Å². The van der Waals surface area contributed by atoms with Crippen molar-refractivity contribution in [2.75, 3.05) is 4.90 Å². The molecule has 0 amide bonds. The van der Waals surface area contributed by atoms with Gasteiger partial charge in [0.05, 0.1) is 11.6 Å². The van der Waals surface area contributed by atoms with Crippen molar-refractivity contribution in [2.24, 2.45) is 0 Å².